The molecule has 2 aliphatic rings. The van der Waals surface area contributed by atoms with Crippen molar-refractivity contribution in [2.24, 2.45) is 0 Å². The number of hydrogen-bond donors (Lipinski definition) is 0. The topological polar surface area (TPSA) is 106 Å². The SMILES string of the molecule is FC(F)(F)c1ccccc1C1=C(c2ccccc2C(F)(F)F)c2nc1nc1[n-]c(nc3nc(nc4[n-]c(n2)c(-c2ccccc2C(F)(F)F)c4-c2ccccc2C(F)(F)F)C(c2ccccc2C(F)(F)F)=C3c2ccccc2C(F)(F)F)c(-c2ccccc2C(F)(F)F)c1-c1ccccc1C(F)(F)F.[Zn+2]. The van der Waals surface area contributed by atoms with E-state index in [4.69, 9.17) is 0 Å². The quantitative estimate of drug-likeness (QED) is 0.109. The zero-order valence-corrected chi connectivity index (χ0v) is 54.8. The maximum atomic E-state index is 15.8. The zero-order chi connectivity index (χ0) is 74.8. The summed E-state index contributed by atoms with van der Waals surface area (Å²) in [4.78, 5) is 34.5. The van der Waals surface area contributed by atoms with Crippen molar-refractivity contribution in [3.63, 3.8) is 0 Å². The summed E-state index contributed by atoms with van der Waals surface area (Å²) in [5, 5.41) is 0. The number of nitrogens with zero attached hydrogens (tertiary/aromatic N) is 8. The molecule has 3 aromatic heterocycles. The molecule has 0 N–H and O–H groups in total. The van der Waals surface area contributed by atoms with Crippen molar-refractivity contribution in [2.75, 3.05) is 0 Å². The summed E-state index contributed by atoms with van der Waals surface area (Å²) in [7, 11) is 0. The summed E-state index contributed by atoms with van der Waals surface area (Å²) < 4.78 is 380. The molecule has 8 bridgehead atoms. The predicted octanol–water partition coefficient (Wildman–Crippen LogP) is 22.0. The van der Waals surface area contributed by atoms with Crippen LogP contribution in [0.1, 0.15) is 90.1 Å². The van der Waals surface area contributed by atoms with Gasteiger partial charge in [0.1, 0.15) is 0 Å². The van der Waals surface area contributed by atoms with Gasteiger partial charge in [-0.15, -0.1) is 0 Å². The smallest absolute Gasteiger partial charge is 0.357 e. The predicted molar refractivity (Wildman–Crippen MR) is 328 cm³/mol. The van der Waals surface area contributed by atoms with Crippen LogP contribution in [0.5, 0.6) is 0 Å². The van der Waals surface area contributed by atoms with E-state index in [-0.39, 0.29) is 19.5 Å². The fourth-order valence-electron chi connectivity index (χ4n) is 12.4. The molecule has 5 heterocycles. The van der Waals surface area contributed by atoms with Crippen LogP contribution in [0.3, 0.4) is 0 Å². The minimum absolute atomic E-state index is 0. The molecule has 8 nitrogen and oxygen atoms in total. The third-order valence-corrected chi connectivity index (χ3v) is 16.5. The molecule has 2 aliphatic heterocycles. The minimum atomic E-state index is -5.62. The van der Waals surface area contributed by atoms with Crippen LogP contribution in [0.4, 0.5) is 105 Å². The third-order valence-electron chi connectivity index (χ3n) is 16.5. The van der Waals surface area contributed by atoms with Crippen molar-refractivity contribution in [3.8, 4) is 44.5 Å². The van der Waals surface area contributed by atoms with E-state index in [1.165, 1.54) is 0 Å². The molecule has 0 radical (unpaired) electrons. The normalized spacial score (nSPS) is 13.6. The second-order valence-corrected chi connectivity index (χ2v) is 22.8. The van der Waals surface area contributed by atoms with Gasteiger partial charge < -0.3 is 29.9 Å². The maximum absolute atomic E-state index is 15.8. The monoisotopic (exact) mass is 1530 g/mol. The van der Waals surface area contributed by atoms with E-state index in [0.29, 0.717) is 97.1 Å². The number of halogens is 24. The van der Waals surface area contributed by atoms with Gasteiger partial charge in [0.25, 0.3) is 0 Å². The number of fused-ring (bicyclic) bond motifs is 8. The maximum Gasteiger partial charge on any atom is 2.00 e. The average molecular weight is 1530 g/mol. The van der Waals surface area contributed by atoms with Crippen LogP contribution in [0.2, 0.25) is 0 Å². The summed E-state index contributed by atoms with van der Waals surface area (Å²) in [5.74, 6) is -5.83. The van der Waals surface area contributed by atoms with Gasteiger partial charge in [0.05, 0.1) is 67.8 Å². The van der Waals surface area contributed by atoms with Gasteiger partial charge >= 0.3 is 68.9 Å². The Morgan fingerprint density at radius 1 is 0.181 bits per heavy atom. The molecular formula is C72H32F24N8Zn. The summed E-state index contributed by atoms with van der Waals surface area (Å²) in [5.41, 5.74) is -40.8. The zero-order valence-electron chi connectivity index (χ0n) is 51.8. The van der Waals surface area contributed by atoms with Gasteiger partial charge in [-0.1, -0.05) is 146 Å². The Balaban J connectivity index is 0.0000104. The Hall–Kier alpha value is -11.0. The van der Waals surface area contributed by atoms with Crippen LogP contribution >= 0.6 is 0 Å². The van der Waals surface area contributed by atoms with Crippen molar-refractivity contribution in [2.45, 2.75) is 49.4 Å². The van der Waals surface area contributed by atoms with Gasteiger partial charge in [0.15, 0.2) is 0 Å². The van der Waals surface area contributed by atoms with E-state index >= 15 is 105 Å². The van der Waals surface area contributed by atoms with Crippen LogP contribution in [0, 0.1) is 0 Å². The molecule has 530 valence electrons. The Bertz CT molecular complexity index is 4870. The first kappa shape index (κ1) is 73.8. The molecular weight excluding hydrogens is 1500 g/mol. The van der Waals surface area contributed by atoms with E-state index in [1.807, 2.05) is 0 Å². The van der Waals surface area contributed by atoms with Crippen molar-refractivity contribution >= 4 is 44.9 Å². The molecule has 0 spiro atoms. The molecule has 105 heavy (non-hydrogen) atoms. The fourth-order valence-corrected chi connectivity index (χ4v) is 12.4. The molecule has 8 aromatic carbocycles. The van der Waals surface area contributed by atoms with Crippen molar-refractivity contribution in [1.82, 2.24) is 39.9 Å². The van der Waals surface area contributed by atoms with Crippen LogP contribution in [0.15, 0.2) is 194 Å². The van der Waals surface area contributed by atoms with Crippen LogP contribution in [-0.4, -0.2) is 29.9 Å². The first-order chi connectivity index (χ1) is 48.7. The van der Waals surface area contributed by atoms with E-state index in [1.54, 1.807) is 0 Å². The van der Waals surface area contributed by atoms with Crippen molar-refractivity contribution < 1.29 is 125 Å². The van der Waals surface area contributed by atoms with Gasteiger partial charge in [0.2, 0.25) is 0 Å². The van der Waals surface area contributed by atoms with E-state index < -0.39 is 229 Å². The Morgan fingerprint density at radius 2 is 0.314 bits per heavy atom. The molecule has 13 rings (SSSR count). The standard InChI is InChI=1S/C72H32F24N8.Zn/c73-65(74,75)41-25-9-1-17-33(41)49-50(34-18-2-10-26-42(34)66(76,77)78)58-97-57(49)101-59-51(35-19-3-11-27-43(35)67(79,80)81)52(36-20-4-12-28-44(36)68(82,83)84)61(98-59)103-63-55(39-23-7-15-31-47(39)71(91,92)93)56(40-24-8-16-32-48(40)72(94,95)96)64(100-63)104-62-54(38-22-6-14-30-46(38)70(88,89)90)53(60(99-62)102-58)37-21-5-13-29-45(37)69(85,86)87;/h1-32H;/q-2;+2. The molecule has 0 aliphatic carbocycles. The Morgan fingerprint density at radius 3 is 0.467 bits per heavy atom. The minimum Gasteiger partial charge on any atom is -0.357 e. The number of alkyl halides is 24. The summed E-state index contributed by atoms with van der Waals surface area (Å²) in [6.07, 6.45) is -45.0. The van der Waals surface area contributed by atoms with Gasteiger partial charge in [-0.3, -0.25) is 0 Å². The number of hydrogen-bond acceptors (Lipinski definition) is 6. The summed E-state index contributed by atoms with van der Waals surface area (Å²) in [6, 6.07) is 20.6. The summed E-state index contributed by atoms with van der Waals surface area (Å²) >= 11 is 0. The van der Waals surface area contributed by atoms with Crippen LogP contribution < -0.4 is 9.97 Å². The molecule has 0 unspecified atom stereocenters. The van der Waals surface area contributed by atoms with Crippen molar-refractivity contribution in [3.05, 3.63) is 284 Å². The van der Waals surface area contributed by atoms with Crippen molar-refractivity contribution in [1.29, 1.82) is 0 Å². The molecule has 0 saturated heterocycles. The van der Waals surface area contributed by atoms with Gasteiger partial charge in [-0.2, -0.15) is 105 Å². The van der Waals surface area contributed by atoms with Gasteiger partial charge in [-0.25, -0.2) is 9.97 Å². The largest absolute Gasteiger partial charge is 2.00 e. The number of benzene rings is 8. The molecule has 0 atom stereocenters. The number of aromatic nitrogens is 8. The molecule has 0 amide bonds. The second-order valence-electron chi connectivity index (χ2n) is 22.8. The molecule has 33 heteroatoms. The Labute approximate surface area is 585 Å². The second kappa shape index (κ2) is 26.3. The van der Waals surface area contributed by atoms with E-state index in [2.05, 4.69) is 39.9 Å². The van der Waals surface area contributed by atoms with E-state index in [0.717, 1.165) is 97.1 Å². The van der Waals surface area contributed by atoms with Crippen LogP contribution in [0.25, 0.3) is 89.4 Å². The number of rotatable bonds is 8. The summed E-state index contributed by atoms with van der Waals surface area (Å²) in [6.45, 7) is 0. The first-order valence-electron chi connectivity index (χ1n) is 29.7. The van der Waals surface area contributed by atoms with Crippen LogP contribution in [-0.2, 0) is 68.9 Å². The first-order valence-corrected chi connectivity index (χ1v) is 29.7. The molecule has 11 aromatic rings. The Kier molecular flexibility index (Phi) is 18.5. The van der Waals surface area contributed by atoms with Gasteiger partial charge in [-0.05, 0) is 93.0 Å². The van der Waals surface area contributed by atoms with E-state index in [9.17, 15) is 0 Å². The van der Waals surface area contributed by atoms with Gasteiger partial charge in [0, 0.05) is 67.1 Å². The molecule has 0 saturated carbocycles. The third kappa shape index (κ3) is 13.7. The average Bonchev–Trinajstić information content (AvgIpc) is 1.59. The fraction of sp³-hybridized carbons (Fsp3) is 0.111. The molecule has 0 fully saturated rings.